The van der Waals surface area contributed by atoms with E-state index in [0.29, 0.717) is 12.1 Å². The quantitative estimate of drug-likeness (QED) is 0.523. The Morgan fingerprint density at radius 3 is 2.58 bits per heavy atom. The molecule has 0 saturated carbocycles. The van der Waals surface area contributed by atoms with E-state index in [2.05, 4.69) is 20.4 Å². The van der Waals surface area contributed by atoms with Crippen LogP contribution in [0.25, 0.3) is 16.9 Å². The number of rotatable bonds is 3. The molecule has 0 radical (unpaired) electrons. The summed E-state index contributed by atoms with van der Waals surface area (Å²) in [7, 11) is 0. The number of benzene rings is 1. The van der Waals surface area contributed by atoms with Crippen LogP contribution in [0.1, 0.15) is 6.92 Å². The van der Waals surface area contributed by atoms with Gasteiger partial charge < -0.3 is 10.4 Å². The number of aromatic nitrogens is 4. The van der Waals surface area contributed by atoms with E-state index in [4.69, 9.17) is 11.6 Å². The van der Waals surface area contributed by atoms with Crippen molar-refractivity contribution in [1.82, 2.24) is 19.6 Å². The first kappa shape index (κ1) is 18.1. The first-order valence-electron chi connectivity index (χ1n) is 7.00. The molecule has 0 spiro atoms. The van der Waals surface area contributed by atoms with Crippen LogP contribution in [0.4, 0.5) is 27.8 Å². The summed E-state index contributed by atoms with van der Waals surface area (Å²) >= 11 is 6.00. The predicted molar refractivity (Wildman–Crippen MR) is 81.9 cm³/mol. The van der Waals surface area contributed by atoms with Gasteiger partial charge in [-0.15, -0.1) is 0 Å². The fraction of sp³-hybridized carbons (Fsp3) is 0.214. The highest BCUT2D eigenvalue weighted by molar-refractivity contribution is 6.33. The maximum atomic E-state index is 14.3. The molecule has 2 aromatic heterocycles. The highest BCUT2D eigenvalue weighted by Crippen LogP contribution is 2.38. The molecular formula is C14H9ClF5N5O. The lowest BCUT2D eigenvalue weighted by Crippen LogP contribution is -2.34. The Kier molecular flexibility index (Phi) is 4.34. The van der Waals surface area contributed by atoms with E-state index >= 15 is 0 Å². The van der Waals surface area contributed by atoms with Gasteiger partial charge >= 0.3 is 6.18 Å². The highest BCUT2D eigenvalue weighted by Gasteiger charge is 2.37. The first-order valence-corrected chi connectivity index (χ1v) is 7.38. The van der Waals surface area contributed by atoms with Gasteiger partial charge in [-0.1, -0.05) is 11.6 Å². The van der Waals surface area contributed by atoms with Gasteiger partial charge in [-0.25, -0.2) is 8.78 Å². The molecule has 0 bridgehead atoms. The number of aromatic hydroxyl groups is 1. The standard InChI is InChI=1S/C14H9ClF5N5O/c1-5(14(18,19)20)23-12-10(6-2-8(17)9(26)3-7(6)16)11(15)24-13-21-4-22-25(12)13/h2-5,23,26H,1H3. The third kappa shape index (κ3) is 3.09. The van der Waals surface area contributed by atoms with Gasteiger partial charge in [0.05, 0.1) is 5.56 Å². The molecule has 3 rings (SSSR count). The number of hydrogen-bond donors (Lipinski definition) is 2. The van der Waals surface area contributed by atoms with Gasteiger partial charge in [0, 0.05) is 11.6 Å². The highest BCUT2D eigenvalue weighted by atomic mass is 35.5. The van der Waals surface area contributed by atoms with Gasteiger partial charge in [-0.3, -0.25) is 0 Å². The molecule has 0 aliphatic heterocycles. The molecule has 0 saturated heterocycles. The van der Waals surface area contributed by atoms with Crippen molar-refractivity contribution in [2.24, 2.45) is 0 Å². The van der Waals surface area contributed by atoms with Crippen molar-refractivity contribution < 1.29 is 27.1 Å². The number of phenols is 1. The fourth-order valence-electron chi connectivity index (χ4n) is 2.20. The van der Waals surface area contributed by atoms with E-state index in [0.717, 1.165) is 17.8 Å². The van der Waals surface area contributed by atoms with Crippen LogP contribution in [0.3, 0.4) is 0 Å². The number of alkyl halides is 3. The summed E-state index contributed by atoms with van der Waals surface area (Å²) in [5.41, 5.74) is -0.871. The Labute approximate surface area is 147 Å². The molecule has 0 aliphatic carbocycles. The summed E-state index contributed by atoms with van der Waals surface area (Å²) < 4.78 is 67.8. The number of phenolic OH excluding ortho intramolecular Hbond substituents is 1. The van der Waals surface area contributed by atoms with Gasteiger partial charge in [-0.2, -0.15) is 32.8 Å². The van der Waals surface area contributed by atoms with Gasteiger partial charge in [-0.05, 0) is 13.0 Å². The van der Waals surface area contributed by atoms with E-state index in [1.807, 2.05) is 0 Å². The van der Waals surface area contributed by atoms with Gasteiger partial charge in [0.1, 0.15) is 29.2 Å². The zero-order valence-corrected chi connectivity index (χ0v) is 13.6. The normalized spacial score (nSPS) is 13.2. The minimum atomic E-state index is -4.64. The number of anilines is 1. The maximum Gasteiger partial charge on any atom is 0.408 e. The largest absolute Gasteiger partial charge is 0.505 e. The lowest BCUT2D eigenvalue weighted by atomic mass is 10.1. The summed E-state index contributed by atoms with van der Waals surface area (Å²) in [6.45, 7) is 0.828. The molecule has 138 valence electrons. The second kappa shape index (κ2) is 6.24. The molecule has 6 nitrogen and oxygen atoms in total. The van der Waals surface area contributed by atoms with Crippen molar-refractivity contribution >= 4 is 23.2 Å². The number of nitrogens with one attached hydrogen (secondary N) is 1. The van der Waals surface area contributed by atoms with Crippen molar-refractivity contribution in [2.75, 3.05) is 5.32 Å². The molecule has 0 amide bonds. The van der Waals surface area contributed by atoms with Crippen LogP contribution >= 0.6 is 11.6 Å². The second-order valence-electron chi connectivity index (χ2n) is 5.29. The van der Waals surface area contributed by atoms with Crippen LogP contribution in [0.2, 0.25) is 5.15 Å². The van der Waals surface area contributed by atoms with E-state index in [1.165, 1.54) is 0 Å². The lowest BCUT2D eigenvalue weighted by molar-refractivity contribution is -0.138. The lowest BCUT2D eigenvalue weighted by Gasteiger charge is -2.21. The molecule has 2 heterocycles. The third-order valence-electron chi connectivity index (χ3n) is 3.53. The molecule has 1 atom stereocenters. The summed E-state index contributed by atoms with van der Waals surface area (Å²) in [5.74, 6) is -3.79. The minimum absolute atomic E-state index is 0.143. The van der Waals surface area contributed by atoms with Crippen molar-refractivity contribution in [3.63, 3.8) is 0 Å². The zero-order chi connectivity index (χ0) is 19.2. The Hall–Kier alpha value is -2.69. The molecule has 2 N–H and O–H groups in total. The third-order valence-corrected chi connectivity index (χ3v) is 3.81. The maximum absolute atomic E-state index is 14.3. The van der Waals surface area contributed by atoms with Crippen LogP contribution in [-0.4, -0.2) is 36.9 Å². The monoisotopic (exact) mass is 393 g/mol. The van der Waals surface area contributed by atoms with Crippen LogP contribution in [0.5, 0.6) is 5.75 Å². The summed E-state index contributed by atoms with van der Waals surface area (Å²) in [6, 6.07) is -0.999. The first-order chi connectivity index (χ1) is 12.1. The average molecular weight is 394 g/mol. The number of nitrogens with zero attached hydrogens (tertiary/aromatic N) is 4. The Bertz CT molecular complexity index is 990. The van der Waals surface area contributed by atoms with Crippen molar-refractivity contribution in [1.29, 1.82) is 0 Å². The zero-order valence-electron chi connectivity index (χ0n) is 12.8. The Balaban J connectivity index is 2.30. The van der Waals surface area contributed by atoms with Crippen molar-refractivity contribution in [3.05, 3.63) is 35.2 Å². The molecule has 0 fully saturated rings. The van der Waals surface area contributed by atoms with Gasteiger partial charge in [0.2, 0.25) is 0 Å². The summed E-state index contributed by atoms with van der Waals surface area (Å²) in [5, 5.41) is 14.7. The van der Waals surface area contributed by atoms with Gasteiger partial charge in [0.25, 0.3) is 5.78 Å². The summed E-state index contributed by atoms with van der Waals surface area (Å²) in [6.07, 6.45) is -3.63. The van der Waals surface area contributed by atoms with E-state index in [-0.39, 0.29) is 17.2 Å². The number of halogens is 6. The fourth-order valence-corrected chi connectivity index (χ4v) is 2.47. The van der Waals surface area contributed by atoms with E-state index in [9.17, 15) is 27.1 Å². The number of hydrogen-bond acceptors (Lipinski definition) is 5. The Morgan fingerprint density at radius 1 is 1.23 bits per heavy atom. The van der Waals surface area contributed by atoms with Crippen LogP contribution in [0.15, 0.2) is 18.5 Å². The number of fused-ring (bicyclic) bond motifs is 1. The minimum Gasteiger partial charge on any atom is -0.505 e. The van der Waals surface area contributed by atoms with Crippen molar-refractivity contribution in [2.45, 2.75) is 19.1 Å². The average Bonchev–Trinajstić information content (AvgIpc) is 2.98. The molecule has 0 aliphatic rings. The molecule has 12 heteroatoms. The second-order valence-corrected chi connectivity index (χ2v) is 5.65. The van der Waals surface area contributed by atoms with E-state index in [1.54, 1.807) is 0 Å². The Morgan fingerprint density at radius 2 is 1.92 bits per heavy atom. The van der Waals surface area contributed by atoms with Crippen molar-refractivity contribution in [3.8, 4) is 16.9 Å². The molecule has 26 heavy (non-hydrogen) atoms. The van der Waals surface area contributed by atoms with Gasteiger partial charge in [0.15, 0.2) is 11.6 Å². The molecule has 1 aromatic carbocycles. The van der Waals surface area contributed by atoms with Crippen LogP contribution in [0, 0.1) is 11.6 Å². The van der Waals surface area contributed by atoms with E-state index < -0.39 is 40.3 Å². The summed E-state index contributed by atoms with van der Waals surface area (Å²) in [4.78, 5) is 7.54. The molecular weight excluding hydrogens is 385 g/mol. The molecule has 1 unspecified atom stereocenters. The smallest absolute Gasteiger partial charge is 0.408 e. The van der Waals surface area contributed by atoms with Crippen LogP contribution in [-0.2, 0) is 0 Å². The topological polar surface area (TPSA) is 75.3 Å². The SMILES string of the molecule is CC(Nc1c(-c2cc(F)c(O)cc2F)c(Cl)nc2ncnn12)C(F)(F)F. The predicted octanol–water partition coefficient (Wildman–Crippen LogP) is 3.79. The van der Waals surface area contributed by atoms with Crippen LogP contribution < -0.4 is 5.32 Å². The molecule has 3 aromatic rings.